The van der Waals surface area contributed by atoms with Crippen LogP contribution in [0.1, 0.15) is 11.5 Å². The molecule has 3 aromatic heterocycles. The second-order valence-corrected chi connectivity index (χ2v) is 8.94. The number of rotatable bonds is 8. The Balaban J connectivity index is 1.40. The molecule has 0 bridgehead atoms. The maximum atomic E-state index is 13.2. The van der Waals surface area contributed by atoms with Crippen molar-refractivity contribution in [3.05, 3.63) is 89.6 Å². The van der Waals surface area contributed by atoms with E-state index >= 15 is 0 Å². The van der Waals surface area contributed by atoms with Crippen LogP contribution in [0.15, 0.2) is 81.9 Å². The minimum atomic E-state index is -0.256. The summed E-state index contributed by atoms with van der Waals surface area (Å²) in [5.74, 6) is 2.68. The van der Waals surface area contributed by atoms with Gasteiger partial charge in [0.2, 0.25) is 0 Å². The van der Waals surface area contributed by atoms with E-state index in [4.69, 9.17) is 14.1 Å². The molecule has 33 heavy (non-hydrogen) atoms. The van der Waals surface area contributed by atoms with E-state index in [0.29, 0.717) is 12.3 Å². The molecular formula is C24H19FN4O2S2. The fraction of sp³-hybridized carbons (Fsp3) is 0.125. The van der Waals surface area contributed by atoms with E-state index in [1.807, 2.05) is 46.3 Å². The molecule has 5 aromatic rings. The summed E-state index contributed by atoms with van der Waals surface area (Å²) < 4.78 is 26.2. The van der Waals surface area contributed by atoms with Gasteiger partial charge in [-0.25, -0.2) is 9.37 Å². The largest absolute Gasteiger partial charge is 0.497 e. The lowest BCUT2D eigenvalue weighted by atomic mass is 10.2. The van der Waals surface area contributed by atoms with E-state index in [0.717, 1.165) is 44.3 Å². The number of benzene rings is 2. The first-order valence-corrected chi connectivity index (χ1v) is 12.0. The van der Waals surface area contributed by atoms with Crippen molar-refractivity contribution in [3.63, 3.8) is 0 Å². The van der Waals surface area contributed by atoms with Gasteiger partial charge >= 0.3 is 0 Å². The average molecular weight is 479 g/mol. The van der Waals surface area contributed by atoms with Crippen LogP contribution in [0.25, 0.3) is 22.0 Å². The van der Waals surface area contributed by atoms with Gasteiger partial charge in [0, 0.05) is 22.3 Å². The lowest BCUT2D eigenvalue weighted by Gasteiger charge is -2.09. The molecule has 166 valence electrons. The number of furan rings is 1. The van der Waals surface area contributed by atoms with Crippen LogP contribution in [0.4, 0.5) is 4.39 Å². The molecule has 5 rings (SSSR count). The molecule has 0 aliphatic carbocycles. The molecule has 0 aliphatic rings. The summed E-state index contributed by atoms with van der Waals surface area (Å²) in [6, 6.07) is 17.9. The number of ether oxygens (including phenoxy) is 1. The predicted octanol–water partition coefficient (Wildman–Crippen LogP) is 6.15. The molecule has 0 fully saturated rings. The van der Waals surface area contributed by atoms with Crippen LogP contribution in [0.5, 0.6) is 5.75 Å². The van der Waals surface area contributed by atoms with Crippen LogP contribution in [0.2, 0.25) is 0 Å². The minimum Gasteiger partial charge on any atom is -0.497 e. The van der Waals surface area contributed by atoms with E-state index in [2.05, 4.69) is 10.2 Å². The van der Waals surface area contributed by atoms with Crippen molar-refractivity contribution < 1.29 is 13.5 Å². The Labute approximate surface area is 198 Å². The average Bonchev–Trinajstić information content (AvgIpc) is 3.60. The molecule has 0 amide bonds. The topological polar surface area (TPSA) is 66.0 Å². The Hall–Kier alpha value is -3.43. The van der Waals surface area contributed by atoms with E-state index < -0.39 is 0 Å². The molecular weight excluding hydrogens is 459 g/mol. The van der Waals surface area contributed by atoms with E-state index in [1.165, 1.54) is 23.5 Å². The van der Waals surface area contributed by atoms with Crippen LogP contribution in [0.3, 0.4) is 0 Å². The first-order valence-electron chi connectivity index (χ1n) is 10.1. The van der Waals surface area contributed by atoms with Gasteiger partial charge < -0.3 is 9.15 Å². The Bertz CT molecular complexity index is 1350. The third kappa shape index (κ3) is 4.84. The lowest BCUT2D eigenvalue weighted by molar-refractivity contribution is 0.415. The van der Waals surface area contributed by atoms with Gasteiger partial charge in [0.05, 0.1) is 25.6 Å². The number of hydrogen-bond acceptors (Lipinski definition) is 7. The number of methoxy groups -OCH3 is 1. The van der Waals surface area contributed by atoms with Crippen LogP contribution in [-0.2, 0) is 12.3 Å². The summed E-state index contributed by atoms with van der Waals surface area (Å²) in [4.78, 5) is 4.70. The minimum absolute atomic E-state index is 0.256. The van der Waals surface area contributed by atoms with Crippen LogP contribution < -0.4 is 4.74 Å². The molecule has 0 aliphatic heterocycles. The van der Waals surface area contributed by atoms with Crippen molar-refractivity contribution in [1.82, 2.24) is 19.7 Å². The summed E-state index contributed by atoms with van der Waals surface area (Å²) in [5, 5.41) is 12.5. The fourth-order valence-electron chi connectivity index (χ4n) is 3.31. The number of halogens is 1. The van der Waals surface area contributed by atoms with Crippen LogP contribution >= 0.6 is 23.1 Å². The molecule has 3 heterocycles. The standard InChI is InChI=1S/C24H19FN4O2S2/c1-30-20-5-2-4-17(12-20)22-27-28-24(29(22)13-21-6-3-11-31-21)33-15-19-14-32-23(26-19)16-7-9-18(25)10-8-16/h2-12,14H,13,15H2,1H3. The molecule has 0 unspecified atom stereocenters. The first-order chi connectivity index (χ1) is 16.2. The SMILES string of the molecule is COc1cccc(-c2nnc(SCc3csc(-c4ccc(F)cc4)n3)n2Cc2ccco2)c1. The van der Waals surface area contributed by atoms with Gasteiger partial charge in [0.1, 0.15) is 22.3 Å². The van der Waals surface area contributed by atoms with Crippen molar-refractivity contribution in [1.29, 1.82) is 0 Å². The van der Waals surface area contributed by atoms with Crippen molar-refractivity contribution in [2.24, 2.45) is 0 Å². The Morgan fingerprint density at radius 3 is 2.73 bits per heavy atom. The summed E-state index contributed by atoms with van der Waals surface area (Å²) >= 11 is 3.10. The van der Waals surface area contributed by atoms with Crippen molar-refractivity contribution >= 4 is 23.1 Å². The van der Waals surface area contributed by atoms with E-state index in [-0.39, 0.29) is 5.82 Å². The zero-order chi connectivity index (χ0) is 22.6. The maximum Gasteiger partial charge on any atom is 0.192 e. The highest BCUT2D eigenvalue weighted by atomic mass is 32.2. The number of aromatic nitrogens is 4. The maximum absolute atomic E-state index is 13.2. The Morgan fingerprint density at radius 2 is 1.94 bits per heavy atom. The van der Waals surface area contributed by atoms with Gasteiger partial charge in [-0.05, 0) is 48.5 Å². The normalized spacial score (nSPS) is 11.1. The van der Waals surface area contributed by atoms with Gasteiger partial charge in [0.15, 0.2) is 11.0 Å². The fourth-order valence-corrected chi connectivity index (χ4v) is 5.07. The molecule has 0 saturated carbocycles. The van der Waals surface area contributed by atoms with Gasteiger partial charge in [-0.1, -0.05) is 23.9 Å². The summed E-state index contributed by atoms with van der Waals surface area (Å²) in [6.07, 6.45) is 1.66. The molecule has 9 heteroatoms. The van der Waals surface area contributed by atoms with Crippen molar-refractivity contribution in [2.45, 2.75) is 17.5 Å². The van der Waals surface area contributed by atoms with E-state index in [9.17, 15) is 4.39 Å². The molecule has 2 aromatic carbocycles. The number of thiazole rings is 1. The smallest absolute Gasteiger partial charge is 0.192 e. The molecule has 6 nitrogen and oxygen atoms in total. The Kier molecular flexibility index (Phi) is 6.23. The Morgan fingerprint density at radius 1 is 1.06 bits per heavy atom. The van der Waals surface area contributed by atoms with Gasteiger partial charge in [-0.3, -0.25) is 4.57 Å². The summed E-state index contributed by atoms with van der Waals surface area (Å²) in [5.41, 5.74) is 2.74. The summed E-state index contributed by atoms with van der Waals surface area (Å²) in [7, 11) is 1.64. The highest BCUT2D eigenvalue weighted by molar-refractivity contribution is 7.98. The second kappa shape index (κ2) is 9.60. The first kappa shape index (κ1) is 21.4. The van der Waals surface area contributed by atoms with Gasteiger partial charge in [-0.15, -0.1) is 21.5 Å². The third-order valence-corrected chi connectivity index (χ3v) is 6.87. The molecule has 0 atom stereocenters. The van der Waals surface area contributed by atoms with Crippen LogP contribution in [0, 0.1) is 5.82 Å². The molecule has 0 spiro atoms. The third-order valence-electron chi connectivity index (χ3n) is 4.93. The number of hydrogen-bond donors (Lipinski definition) is 0. The molecule has 0 N–H and O–H groups in total. The van der Waals surface area contributed by atoms with Gasteiger partial charge in [-0.2, -0.15) is 0 Å². The molecule has 0 saturated heterocycles. The van der Waals surface area contributed by atoms with E-state index in [1.54, 1.807) is 37.3 Å². The highest BCUT2D eigenvalue weighted by Crippen LogP contribution is 2.31. The quantitative estimate of drug-likeness (QED) is 0.249. The zero-order valence-electron chi connectivity index (χ0n) is 17.6. The van der Waals surface area contributed by atoms with Crippen LogP contribution in [-0.4, -0.2) is 26.9 Å². The number of thioether (sulfide) groups is 1. The lowest BCUT2D eigenvalue weighted by Crippen LogP contribution is -2.03. The zero-order valence-corrected chi connectivity index (χ0v) is 19.3. The molecule has 0 radical (unpaired) electrons. The monoisotopic (exact) mass is 478 g/mol. The number of nitrogens with zero attached hydrogens (tertiary/aromatic N) is 4. The second-order valence-electron chi connectivity index (χ2n) is 7.14. The summed E-state index contributed by atoms with van der Waals surface area (Å²) in [6.45, 7) is 0.507. The predicted molar refractivity (Wildman–Crippen MR) is 127 cm³/mol. The van der Waals surface area contributed by atoms with Crippen molar-refractivity contribution in [2.75, 3.05) is 7.11 Å². The van der Waals surface area contributed by atoms with Crippen molar-refractivity contribution in [3.8, 4) is 27.7 Å². The highest BCUT2D eigenvalue weighted by Gasteiger charge is 2.17. The van der Waals surface area contributed by atoms with Gasteiger partial charge in [0.25, 0.3) is 0 Å².